The van der Waals surface area contributed by atoms with Crippen LogP contribution in [0.1, 0.15) is 44.9 Å². The highest BCUT2D eigenvalue weighted by molar-refractivity contribution is 5.61. The number of nitrogens with one attached hydrogen (secondary N) is 1. The maximum Gasteiger partial charge on any atom is 0.203 e. The van der Waals surface area contributed by atoms with Gasteiger partial charge in [0, 0.05) is 18.9 Å². The summed E-state index contributed by atoms with van der Waals surface area (Å²) >= 11 is 0. The first-order chi connectivity index (χ1) is 9.74. The predicted octanol–water partition coefficient (Wildman–Crippen LogP) is 3.06. The van der Waals surface area contributed by atoms with E-state index in [2.05, 4.69) is 27.4 Å². The molecule has 5 nitrogen and oxygen atoms in total. The van der Waals surface area contributed by atoms with Crippen molar-refractivity contribution in [2.45, 2.75) is 46.0 Å². The lowest BCUT2D eigenvalue weighted by Gasteiger charge is -2.26. The molecule has 0 aliphatic heterocycles. The Kier molecular flexibility index (Phi) is 3.85. The van der Waals surface area contributed by atoms with Gasteiger partial charge in [-0.2, -0.15) is 0 Å². The highest BCUT2D eigenvalue weighted by Crippen LogP contribution is 2.30. The summed E-state index contributed by atoms with van der Waals surface area (Å²) in [6.45, 7) is 5.30. The van der Waals surface area contributed by atoms with Crippen molar-refractivity contribution in [1.29, 1.82) is 0 Å². The van der Waals surface area contributed by atoms with Crippen LogP contribution in [0.2, 0.25) is 0 Å². The topological polar surface area (TPSA) is 55.1 Å². The molecule has 2 unspecified atom stereocenters. The van der Waals surface area contributed by atoms with E-state index in [1.807, 2.05) is 17.5 Å². The fraction of sp³-hybridized carbons (Fsp3) is 0.667. The molecular weight excluding hydrogens is 250 g/mol. The lowest BCUT2D eigenvalue weighted by Crippen LogP contribution is -2.17. The van der Waals surface area contributed by atoms with E-state index in [9.17, 15) is 0 Å². The van der Waals surface area contributed by atoms with Crippen LogP contribution in [0.15, 0.2) is 12.4 Å². The van der Waals surface area contributed by atoms with Crippen molar-refractivity contribution < 1.29 is 0 Å². The minimum atomic E-state index is 0.821. The van der Waals surface area contributed by atoms with Crippen LogP contribution in [0.5, 0.6) is 0 Å². The molecule has 5 heteroatoms. The standard InChI is InChI=1S/C15H23N5/c1-11-4-3-5-13(10-11)6-7-16-14-15-19-18-12(2)20(15)9-8-17-14/h8-9,11,13H,3-7,10H2,1-2H3,(H,16,17). The second-order valence-electron chi connectivity index (χ2n) is 6.07. The molecule has 1 N–H and O–H groups in total. The number of anilines is 1. The van der Waals surface area contributed by atoms with E-state index in [1.54, 1.807) is 6.20 Å². The highest BCUT2D eigenvalue weighted by Gasteiger charge is 2.18. The number of aromatic nitrogens is 4. The van der Waals surface area contributed by atoms with Crippen molar-refractivity contribution in [2.24, 2.45) is 11.8 Å². The Balaban J connectivity index is 1.60. The highest BCUT2D eigenvalue weighted by atomic mass is 15.3. The van der Waals surface area contributed by atoms with Crippen molar-refractivity contribution in [3.8, 4) is 0 Å². The first-order valence-electron chi connectivity index (χ1n) is 7.64. The van der Waals surface area contributed by atoms with Crippen molar-refractivity contribution in [3.63, 3.8) is 0 Å². The molecule has 2 atom stereocenters. The Hall–Kier alpha value is -1.65. The van der Waals surface area contributed by atoms with Gasteiger partial charge in [-0.3, -0.25) is 4.40 Å². The van der Waals surface area contributed by atoms with Crippen molar-refractivity contribution >= 4 is 11.5 Å². The van der Waals surface area contributed by atoms with Gasteiger partial charge in [-0.15, -0.1) is 10.2 Å². The maximum atomic E-state index is 4.38. The third kappa shape index (κ3) is 2.76. The predicted molar refractivity (Wildman–Crippen MR) is 79.7 cm³/mol. The van der Waals surface area contributed by atoms with Crippen LogP contribution >= 0.6 is 0 Å². The molecule has 1 aliphatic rings. The number of hydrogen-bond acceptors (Lipinski definition) is 4. The van der Waals surface area contributed by atoms with E-state index in [0.29, 0.717) is 0 Å². The third-order valence-electron chi connectivity index (χ3n) is 4.39. The Bertz CT molecular complexity index is 577. The smallest absolute Gasteiger partial charge is 0.203 e. The summed E-state index contributed by atoms with van der Waals surface area (Å²) < 4.78 is 1.97. The van der Waals surface area contributed by atoms with E-state index in [-0.39, 0.29) is 0 Å². The minimum absolute atomic E-state index is 0.821. The van der Waals surface area contributed by atoms with Gasteiger partial charge in [0.05, 0.1) is 0 Å². The number of aryl methyl sites for hydroxylation is 1. The molecule has 3 rings (SSSR count). The number of nitrogens with zero attached hydrogens (tertiary/aromatic N) is 4. The number of fused-ring (bicyclic) bond motifs is 1. The molecule has 1 aliphatic carbocycles. The van der Waals surface area contributed by atoms with Crippen LogP contribution in [0.4, 0.5) is 5.82 Å². The van der Waals surface area contributed by atoms with Gasteiger partial charge in [0.1, 0.15) is 5.82 Å². The molecule has 0 radical (unpaired) electrons. The summed E-state index contributed by atoms with van der Waals surface area (Å²) in [5.74, 6) is 3.50. The van der Waals surface area contributed by atoms with E-state index in [4.69, 9.17) is 0 Å². The summed E-state index contributed by atoms with van der Waals surface area (Å²) in [6.07, 6.45) is 10.5. The van der Waals surface area contributed by atoms with Gasteiger partial charge in [0.2, 0.25) is 5.65 Å². The third-order valence-corrected chi connectivity index (χ3v) is 4.39. The summed E-state index contributed by atoms with van der Waals surface area (Å²) in [4.78, 5) is 4.38. The van der Waals surface area contributed by atoms with E-state index in [0.717, 1.165) is 35.7 Å². The van der Waals surface area contributed by atoms with Crippen LogP contribution in [-0.4, -0.2) is 26.1 Å². The van der Waals surface area contributed by atoms with Crippen LogP contribution < -0.4 is 5.32 Å². The minimum Gasteiger partial charge on any atom is -0.367 e. The zero-order chi connectivity index (χ0) is 13.9. The summed E-state index contributed by atoms with van der Waals surface area (Å²) in [6, 6.07) is 0. The van der Waals surface area contributed by atoms with Crippen LogP contribution in [0.25, 0.3) is 5.65 Å². The van der Waals surface area contributed by atoms with Crippen molar-refractivity contribution in [1.82, 2.24) is 19.6 Å². The Morgan fingerprint density at radius 3 is 3.10 bits per heavy atom. The quantitative estimate of drug-likeness (QED) is 0.930. The fourth-order valence-electron chi connectivity index (χ4n) is 3.28. The molecule has 2 aromatic heterocycles. The normalized spacial score (nSPS) is 23.1. The second-order valence-corrected chi connectivity index (χ2v) is 6.07. The maximum absolute atomic E-state index is 4.38. The van der Waals surface area contributed by atoms with Crippen LogP contribution in [0, 0.1) is 18.8 Å². The van der Waals surface area contributed by atoms with Crippen molar-refractivity contribution in [2.75, 3.05) is 11.9 Å². The van der Waals surface area contributed by atoms with E-state index >= 15 is 0 Å². The first-order valence-corrected chi connectivity index (χ1v) is 7.64. The van der Waals surface area contributed by atoms with Gasteiger partial charge in [-0.05, 0) is 31.6 Å². The molecule has 1 fully saturated rings. The molecule has 0 aromatic carbocycles. The summed E-state index contributed by atoms with van der Waals surface area (Å²) in [5, 5.41) is 11.7. The molecule has 0 saturated heterocycles. The fourth-order valence-corrected chi connectivity index (χ4v) is 3.28. The molecule has 2 aromatic rings. The zero-order valence-corrected chi connectivity index (χ0v) is 12.3. The van der Waals surface area contributed by atoms with Gasteiger partial charge in [-0.25, -0.2) is 4.98 Å². The van der Waals surface area contributed by atoms with Gasteiger partial charge >= 0.3 is 0 Å². The van der Waals surface area contributed by atoms with E-state index < -0.39 is 0 Å². The molecule has 20 heavy (non-hydrogen) atoms. The lowest BCUT2D eigenvalue weighted by molar-refractivity contribution is 0.274. The van der Waals surface area contributed by atoms with Crippen LogP contribution in [0.3, 0.4) is 0 Å². The monoisotopic (exact) mass is 273 g/mol. The van der Waals surface area contributed by atoms with Gasteiger partial charge in [-0.1, -0.05) is 26.2 Å². The molecule has 108 valence electrons. The zero-order valence-electron chi connectivity index (χ0n) is 12.3. The molecule has 0 bridgehead atoms. The lowest BCUT2D eigenvalue weighted by atomic mass is 9.81. The Morgan fingerprint density at radius 1 is 1.35 bits per heavy atom. The van der Waals surface area contributed by atoms with Crippen LogP contribution in [-0.2, 0) is 0 Å². The number of hydrogen-bond donors (Lipinski definition) is 1. The molecule has 2 heterocycles. The van der Waals surface area contributed by atoms with Gasteiger partial charge < -0.3 is 5.32 Å². The summed E-state index contributed by atoms with van der Waals surface area (Å²) in [5.41, 5.74) is 0.821. The van der Waals surface area contributed by atoms with Gasteiger partial charge in [0.25, 0.3) is 0 Å². The number of rotatable bonds is 4. The largest absolute Gasteiger partial charge is 0.367 e. The van der Waals surface area contributed by atoms with E-state index in [1.165, 1.54) is 32.1 Å². The SMILES string of the molecule is Cc1nnc2c(NCCC3CCCC(C)C3)nccn12. The molecule has 0 spiro atoms. The Morgan fingerprint density at radius 2 is 2.25 bits per heavy atom. The van der Waals surface area contributed by atoms with Crippen molar-refractivity contribution in [3.05, 3.63) is 18.2 Å². The average Bonchev–Trinajstić information content (AvgIpc) is 2.82. The average molecular weight is 273 g/mol. The molecule has 0 amide bonds. The second kappa shape index (κ2) is 5.77. The summed E-state index contributed by atoms with van der Waals surface area (Å²) in [7, 11) is 0. The Labute approximate surface area is 119 Å². The molecular formula is C15H23N5. The first kappa shape index (κ1) is 13.3. The molecule has 1 saturated carbocycles. The van der Waals surface area contributed by atoms with Gasteiger partial charge in [0.15, 0.2) is 5.82 Å².